The van der Waals surface area contributed by atoms with Gasteiger partial charge in [-0.2, -0.15) is 0 Å². The zero-order valence-corrected chi connectivity index (χ0v) is 13.3. The van der Waals surface area contributed by atoms with Crippen molar-refractivity contribution in [2.75, 3.05) is 26.9 Å². The molecule has 1 heterocycles. The van der Waals surface area contributed by atoms with Crippen molar-refractivity contribution in [3.63, 3.8) is 0 Å². The first-order valence-electron chi connectivity index (χ1n) is 7.47. The molecule has 2 rings (SSSR count). The van der Waals surface area contributed by atoms with Gasteiger partial charge in [0.15, 0.2) is 0 Å². The largest absolute Gasteiger partial charge is 0.497 e. The molecule has 1 aromatic heterocycles. The number of carbonyl (C=O) groups is 1. The van der Waals surface area contributed by atoms with E-state index < -0.39 is 0 Å². The molecule has 0 radical (unpaired) electrons. The van der Waals surface area contributed by atoms with E-state index in [1.165, 1.54) is 0 Å². The third-order valence-corrected chi connectivity index (χ3v) is 3.42. The maximum atomic E-state index is 12.2. The Kier molecular flexibility index (Phi) is 5.72. The number of aryl methyl sites for hydroxylation is 1. The molecule has 2 aromatic rings. The number of hydrogen-bond acceptors (Lipinski definition) is 4. The van der Waals surface area contributed by atoms with Gasteiger partial charge in [-0.15, -0.1) is 0 Å². The second-order valence-electron chi connectivity index (χ2n) is 4.99. The standard InChI is InChI=1S/C17H22N2O3/c1-4-22-9-5-8-18-17(20)15-10-13-6-7-14(21-3)11-16(13)19-12(15)2/h6-7,10-11H,4-5,8-9H2,1-3H3,(H,18,20). The van der Waals surface area contributed by atoms with Gasteiger partial charge in [0.05, 0.1) is 23.9 Å². The van der Waals surface area contributed by atoms with E-state index in [0.29, 0.717) is 31.0 Å². The highest BCUT2D eigenvalue weighted by Gasteiger charge is 2.11. The van der Waals surface area contributed by atoms with Crippen LogP contribution in [-0.4, -0.2) is 37.8 Å². The number of ether oxygens (including phenoxy) is 2. The minimum Gasteiger partial charge on any atom is -0.497 e. The van der Waals surface area contributed by atoms with E-state index in [4.69, 9.17) is 9.47 Å². The average molecular weight is 302 g/mol. The van der Waals surface area contributed by atoms with Crippen LogP contribution < -0.4 is 10.1 Å². The van der Waals surface area contributed by atoms with Crippen LogP contribution >= 0.6 is 0 Å². The van der Waals surface area contributed by atoms with Crippen LogP contribution in [-0.2, 0) is 4.74 Å². The van der Waals surface area contributed by atoms with Crippen molar-refractivity contribution in [2.24, 2.45) is 0 Å². The summed E-state index contributed by atoms with van der Waals surface area (Å²) >= 11 is 0. The number of fused-ring (bicyclic) bond motifs is 1. The van der Waals surface area contributed by atoms with Crippen molar-refractivity contribution < 1.29 is 14.3 Å². The molecule has 0 aliphatic heterocycles. The Morgan fingerprint density at radius 2 is 2.14 bits per heavy atom. The Balaban J connectivity index is 2.10. The van der Waals surface area contributed by atoms with Crippen molar-refractivity contribution in [2.45, 2.75) is 20.3 Å². The summed E-state index contributed by atoms with van der Waals surface area (Å²) in [6.45, 7) is 5.75. The maximum absolute atomic E-state index is 12.2. The fraction of sp³-hybridized carbons (Fsp3) is 0.412. The SMILES string of the molecule is CCOCCCNC(=O)c1cc2ccc(OC)cc2nc1C. The number of rotatable bonds is 7. The van der Waals surface area contributed by atoms with E-state index >= 15 is 0 Å². The highest BCUT2D eigenvalue weighted by molar-refractivity contribution is 5.98. The quantitative estimate of drug-likeness (QED) is 0.799. The molecule has 1 N–H and O–H groups in total. The average Bonchev–Trinajstić information content (AvgIpc) is 2.53. The van der Waals surface area contributed by atoms with Crippen molar-refractivity contribution in [3.05, 3.63) is 35.5 Å². The molecular weight excluding hydrogens is 280 g/mol. The summed E-state index contributed by atoms with van der Waals surface area (Å²) in [7, 11) is 1.62. The summed E-state index contributed by atoms with van der Waals surface area (Å²) in [6.07, 6.45) is 0.802. The van der Waals surface area contributed by atoms with Gasteiger partial charge < -0.3 is 14.8 Å². The van der Waals surface area contributed by atoms with Crippen molar-refractivity contribution in [1.29, 1.82) is 0 Å². The number of hydrogen-bond donors (Lipinski definition) is 1. The number of pyridine rings is 1. The molecule has 0 bridgehead atoms. The second-order valence-corrected chi connectivity index (χ2v) is 4.99. The Labute approximate surface area is 130 Å². The number of carbonyl (C=O) groups excluding carboxylic acids is 1. The molecule has 1 aromatic carbocycles. The molecule has 0 fully saturated rings. The third kappa shape index (κ3) is 3.95. The van der Waals surface area contributed by atoms with Crippen LogP contribution in [0.4, 0.5) is 0 Å². The molecule has 0 unspecified atom stereocenters. The smallest absolute Gasteiger partial charge is 0.253 e. The van der Waals surface area contributed by atoms with Crippen LogP contribution in [0.1, 0.15) is 29.4 Å². The predicted molar refractivity (Wildman–Crippen MR) is 86.5 cm³/mol. The molecule has 0 aliphatic carbocycles. The zero-order chi connectivity index (χ0) is 15.9. The van der Waals surface area contributed by atoms with E-state index in [0.717, 1.165) is 23.1 Å². The number of nitrogens with zero attached hydrogens (tertiary/aromatic N) is 1. The summed E-state index contributed by atoms with van der Waals surface area (Å²) in [5.41, 5.74) is 2.14. The van der Waals surface area contributed by atoms with E-state index in [1.807, 2.05) is 38.1 Å². The van der Waals surface area contributed by atoms with Gasteiger partial charge in [0.25, 0.3) is 5.91 Å². The molecule has 0 atom stereocenters. The number of benzene rings is 1. The minimum absolute atomic E-state index is 0.0979. The molecular formula is C17H22N2O3. The monoisotopic (exact) mass is 302 g/mol. The van der Waals surface area contributed by atoms with Gasteiger partial charge in [-0.25, -0.2) is 0 Å². The first kappa shape index (κ1) is 16.2. The number of nitrogens with one attached hydrogen (secondary N) is 1. The Morgan fingerprint density at radius 1 is 1.32 bits per heavy atom. The van der Waals surface area contributed by atoms with Crippen molar-refractivity contribution in [1.82, 2.24) is 10.3 Å². The molecule has 22 heavy (non-hydrogen) atoms. The van der Waals surface area contributed by atoms with E-state index in [1.54, 1.807) is 7.11 Å². The Morgan fingerprint density at radius 3 is 2.86 bits per heavy atom. The topological polar surface area (TPSA) is 60.5 Å². The molecule has 0 aliphatic rings. The van der Waals surface area contributed by atoms with Crippen LogP contribution in [0.15, 0.2) is 24.3 Å². The third-order valence-electron chi connectivity index (χ3n) is 3.42. The first-order valence-corrected chi connectivity index (χ1v) is 7.47. The summed E-state index contributed by atoms with van der Waals surface area (Å²) in [6, 6.07) is 7.51. The summed E-state index contributed by atoms with van der Waals surface area (Å²) in [4.78, 5) is 16.7. The zero-order valence-electron chi connectivity index (χ0n) is 13.3. The second kappa shape index (κ2) is 7.75. The summed E-state index contributed by atoms with van der Waals surface area (Å²) < 4.78 is 10.4. The molecule has 5 heteroatoms. The summed E-state index contributed by atoms with van der Waals surface area (Å²) in [5.74, 6) is 0.659. The van der Waals surface area contributed by atoms with Gasteiger partial charge in [0.1, 0.15) is 5.75 Å². The lowest BCUT2D eigenvalue weighted by atomic mass is 10.1. The van der Waals surface area contributed by atoms with Gasteiger partial charge >= 0.3 is 0 Å². The molecule has 1 amide bonds. The highest BCUT2D eigenvalue weighted by Crippen LogP contribution is 2.21. The Hall–Kier alpha value is -2.14. The Bertz CT molecular complexity index is 656. The number of amides is 1. The van der Waals surface area contributed by atoms with Crippen LogP contribution in [0.25, 0.3) is 10.9 Å². The lowest BCUT2D eigenvalue weighted by molar-refractivity contribution is 0.0943. The van der Waals surface area contributed by atoms with Crippen molar-refractivity contribution in [3.8, 4) is 5.75 Å². The van der Waals surface area contributed by atoms with Crippen LogP contribution in [0.2, 0.25) is 0 Å². The molecule has 0 saturated heterocycles. The minimum atomic E-state index is -0.0979. The van der Waals surface area contributed by atoms with E-state index in [9.17, 15) is 4.79 Å². The molecule has 5 nitrogen and oxygen atoms in total. The van der Waals surface area contributed by atoms with Gasteiger partial charge in [0.2, 0.25) is 0 Å². The molecule has 0 spiro atoms. The lowest BCUT2D eigenvalue weighted by Crippen LogP contribution is -2.26. The van der Waals surface area contributed by atoms with Gasteiger partial charge in [0, 0.05) is 31.2 Å². The van der Waals surface area contributed by atoms with Gasteiger partial charge in [-0.05, 0) is 38.5 Å². The van der Waals surface area contributed by atoms with Crippen LogP contribution in [0.5, 0.6) is 5.75 Å². The van der Waals surface area contributed by atoms with Crippen molar-refractivity contribution >= 4 is 16.8 Å². The highest BCUT2D eigenvalue weighted by atomic mass is 16.5. The predicted octanol–water partition coefficient (Wildman–Crippen LogP) is 2.71. The fourth-order valence-electron chi connectivity index (χ4n) is 2.22. The van der Waals surface area contributed by atoms with Gasteiger partial charge in [-0.3, -0.25) is 9.78 Å². The number of methoxy groups -OCH3 is 1. The lowest BCUT2D eigenvalue weighted by Gasteiger charge is -2.09. The van der Waals surface area contributed by atoms with Crippen LogP contribution in [0, 0.1) is 6.92 Å². The van der Waals surface area contributed by atoms with E-state index in [-0.39, 0.29) is 5.91 Å². The van der Waals surface area contributed by atoms with E-state index in [2.05, 4.69) is 10.3 Å². The van der Waals surface area contributed by atoms with Crippen LogP contribution in [0.3, 0.4) is 0 Å². The van der Waals surface area contributed by atoms with Gasteiger partial charge in [-0.1, -0.05) is 0 Å². The normalized spacial score (nSPS) is 10.7. The first-order chi connectivity index (χ1) is 10.7. The molecule has 118 valence electrons. The summed E-state index contributed by atoms with van der Waals surface area (Å²) in [5, 5.41) is 3.82. The molecule has 0 saturated carbocycles. The number of aromatic nitrogens is 1. The fourth-order valence-corrected chi connectivity index (χ4v) is 2.22. The maximum Gasteiger partial charge on any atom is 0.253 e.